The zero-order valence-electron chi connectivity index (χ0n) is 11.3. The number of thiophene rings is 1. The Balaban J connectivity index is 1.85. The average Bonchev–Trinajstić information content (AvgIpc) is 2.91. The van der Waals surface area contributed by atoms with Gasteiger partial charge in [-0.25, -0.2) is 0 Å². The van der Waals surface area contributed by atoms with Crippen LogP contribution in [0.4, 0.5) is 5.69 Å². The summed E-state index contributed by atoms with van der Waals surface area (Å²) in [6.45, 7) is 2.09. The van der Waals surface area contributed by atoms with Gasteiger partial charge in [0, 0.05) is 5.69 Å². The van der Waals surface area contributed by atoms with Gasteiger partial charge in [-0.3, -0.25) is 15.6 Å². The fourth-order valence-electron chi connectivity index (χ4n) is 1.64. The average molecular weight is 384 g/mol. The summed E-state index contributed by atoms with van der Waals surface area (Å²) < 4.78 is 0.907. The zero-order valence-corrected chi connectivity index (χ0v) is 14.5. The fraction of sp³-hybridized carbons (Fsp3) is 0.143. The van der Waals surface area contributed by atoms with Gasteiger partial charge in [-0.2, -0.15) is 0 Å². The number of carbonyl (C=O) groups is 1. The minimum absolute atomic E-state index is 0.225. The van der Waals surface area contributed by atoms with Crippen LogP contribution in [0.15, 0.2) is 40.2 Å². The number of carbonyl (C=O) groups excluding carboxylic acids is 1. The Morgan fingerprint density at radius 1 is 1.29 bits per heavy atom. The van der Waals surface area contributed by atoms with Gasteiger partial charge >= 0.3 is 0 Å². The van der Waals surface area contributed by atoms with Crippen molar-refractivity contribution >= 4 is 56.2 Å². The number of nitrogens with one attached hydrogen (secondary N) is 3. The molecule has 1 aromatic heterocycles. The highest BCUT2D eigenvalue weighted by Crippen LogP contribution is 2.21. The van der Waals surface area contributed by atoms with E-state index in [1.165, 1.54) is 16.9 Å². The Bertz CT molecular complexity index is 657. The molecule has 3 N–H and O–H groups in total. The van der Waals surface area contributed by atoms with Gasteiger partial charge in [0.2, 0.25) is 0 Å². The van der Waals surface area contributed by atoms with Gasteiger partial charge in [0.25, 0.3) is 5.91 Å². The molecule has 2 rings (SSSR count). The van der Waals surface area contributed by atoms with E-state index in [0.717, 1.165) is 15.9 Å². The van der Waals surface area contributed by atoms with Crippen LogP contribution in [0.2, 0.25) is 0 Å². The van der Waals surface area contributed by atoms with E-state index < -0.39 is 0 Å². The van der Waals surface area contributed by atoms with E-state index in [1.807, 2.05) is 24.3 Å². The molecule has 110 valence electrons. The maximum absolute atomic E-state index is 11.8. The molecule has 0 bridgehead atoms. The van der Waals surface area contributed by atoms with Gasteiger partial charge in [-0.05, 0) is 64.4 Å². The van der Waals surface area contributed by atoms with E-state index in [9.17, 15) is 4.79 Å². The molecule has 2 aromatic rings. The number of benzene rings is 1. The van der Waals surface area contributed by atoms with Crippen molar-refractivity contribution in [3.63, 3.8) is 0 Å². The first-order chi connectivity index (χ1) is 10.1. The maximum Gasteiger partial charge on any atom is 0.279 e. The summed E-state index contributed by atoms with van der Waals surface area (Å²) in [5.74, 6) is -0.225. The summed E-state index contributed by atoms with van der Waals surface area (Å²) in [4.78, 5) is 12.4. The molecule has 0 radical (unpaired) electrons. The number of hydrazine groups is 1. The van der Waals surface area contributed by atoms with Crippen LogP contribution < -0.4 is 16.2 Å². The van der Waals surface area contributed by atoms with E-state index in [0.29, 0.717) is 9.99 Å². The smallest absolute Gasteiger partial charge is 0.279 e. The number of anilines is 1. The Morgan fingerprint density at radius 3 is 2.76 bits per heavy atom. The monoisotopic (exact) mass is 383 g/mol. The van der Waals surface area contributed by atoms with Gasteiger partial charge in [0.05, 0.1) is 8.66 Å². The van der Waals surface area contributed by atoms with Gasteiger partial charge in [0.1, 0.15) is 0 Å². The zero-order chi connectivity index (χ0) is 15.2. The molecule has 1 aromatic carbocycles. The Hall–Kier alpha value is -1.44. The summed E-state index contributed by atoms with van der Waals surface area (Å²) in [6, 6.07) is 11.5. The second-order valence-electron chi connectivity index (χ2n) is 4.19. The Morgan fingerprint density at radius 2 is 2.10 bits per heavy atom. The lowest BCUT2D eigenvalue weighted by atomic mass is 10.1. The van der Waals surface area contributed by atoms with Crippen LogP contribution in [-0.4, -0.2) is 11.0 Å². The molecule has 0 aliphatic carbocycles. The molecule has 0 atom stereocenters. The molecule has 0 unspecified atom stereocenters. The first-order valence-electron chi connectivity index (χ1n) is 6.30. The third-order valence-corrected chi connectivity index (χ3v) is 4.51. The van der Waals surface area contributed by atoms with Crippen molar-refractivity contribution in [2.24, 2.45) is 0 Å². The lowest BCUT2D eigenvalue weighted by Gasteiger charge is -2.11. The van der Waals surface area contributed by atoms with Crippen molar-refractivity contribution in [3.05, 3.63) is 50.6 Å². The molecule has 1 heterocycles. The van der Waals surface area contributed by atoms with Crippen LogP contribution in [0.1, 0.15) is 22.2 Å². The molecular weight excluding hydrogens is 370 g/mol. The van der Waals surface area contributed by atoms with Crippen molar-refractivity contribution in [2.75, 3.05) is 5.32 Å². The minimum atomic E-state index is -0.225. The molecule has 0 aliphatic rings. The minimum Gasteiger partial charge on any atom is -0.331 e. The topological polar surface area (TPSA) is 53.2 Å². The fourth-order valence-corrected chi connectivity index (χ4v) is 3.09. The van der Waals surface area contributed by atoms with Crippen molar-refractivity contribution < 1.29 is 4.79 Å². The number of rotatable bonds is 3. The number of aryl methyl sites for hydroxylation is 1. The maximum atomic E-state index is 11.8. The lowest BCUT2D eigenvalue weighted by Crippen LogP contribution is -2.43. The molecule has 0 aliphatic heterocycles. The molecule has 0 saturated heterocycles. The van der Waals surface area contributed by atoms with Crippen molar-refractivity contribution in [1.29, 1.82) is 0 Å². The second kappa shape index (κ2) is 7.53. The van der Waals surface area contributed by atoms with E-state index in [-0.39, 0.29) is 5.91 Å². The van der Waals surface area contributed by atoms with E-state index in [1.54, 1.807) is 6.07 Å². The van der Waals surface area contributed by atoms with Crippen LogP contribution in [0.5, 0.6) is 0 Å². The molecule has 7 heteroatoms. The third-order valence-electron chi connectivity index (χ3n) is 2.68. The van der Waals surface area contributed by atoms with E-state index in [2.05, 4.69) is 45.1 Å². The predicted octanol–water partition coefficient (Wildman–Crippen LogP) is 3.70. The highest BCUT2D eigenvalue weighted by molar-refractivity contribution is 9.11. The Kier molecular flexibility index (Phi) is 5.72. The molecule has 21 heavy (non-hydrogen) atoms. The number of halogens is 1. The highest BCUT2D eigenvalue weighted by Gasteiger charge is 2.08. The predicted molar refractivity (Wildman–Crippen MR) is 94.7 cm³/mol. The summed E-state index contributed by atoms with van der Waals surface area (Å²) in [5.41, 5.74) is 7.35. The summed E-state index contributed by atoms with van der Waals surface area (Å²) in [6.07, 6.45) is 0.958. The van der Waals surface area contributed by atoms with E-state index >= 15 is 0 Å². The van der Waals surface area contributed by atoms with Crippen LogP contribution in [0.25, 0.3) is 0 Å². The lowest BCUT2D eigenvalue weighted by molar-refractivity contribution is 0.0948. The second-order valence-corrected chi connectivity index (χ2v) is 7.06. The Labute approximate surface area is 141 Å². The summed E-state index contributed by atoms with van der Waals surface area (Å²) in [5, 5.41) is 3.37. The number of hydrogen-bond acceptors (Lipinski definition) is 3. The normalized spacial score (nSPS) is 10.0. The summed E-state index contributed by atoms with van der Waals surface area (Å²) in [7, 11) is 0. The molecule has 1 amide bonds. The van der Waals surface area contributed by atoms with Gasteiger partial charge in [-0.1, -0.05) is 19.1 Å². The van der Waals surface area contributed by atoms with Crippen LogP contribution in [0.3, 0.4) is 0 Å². The molecular formula is C14H14BrN3OS2. The number of thiocarbonyl (C=S) groups is 1. The van der Waals surface area contributed by atoms with Crippen molar-refractivity contribution in [1.82, 2.24) is 10.9 Å². The molecule has 0 fully saturated rings. The third kappa shape index (κ3) is 4.80. The SMILES string of the molecule is CCc1cccc(NC(=S)NNC(=O)c2ccc(Br)s2)c1. The highest BCUT2D eigenvalue weighted by atomic mass is 79.9. The van der Waals surface area contributed by atoms with Crippen molar-refractivity contribution in [3.8, 4) is 0 Å². The molecule has 4 nitrogen and oxygen atoms in total. The largest absolute Gasteiger partial charge is 0.331 e. The summed E-state index contributed by atoms with van der Waals surface area (Å²) >= 11 is 9.82. The molecule has 0 saturated carbocycles. The van der Waals surface area contributed by atoms with Gasteiger partial charge in [0.15, 0.2) is 5.11 Å². The number of hydrogen-bond donors (Lipinski definition) is 3. The first kappa shape index (κ1) is 15.9. The van der Waals surface area contributed by atoms with Crippen LogP contribution in [0, 0.1) is 0 Å². The van der Waals surface area contributed by atoms with Crippen molar-refractivity contribution in [2.45, 2.75) is 13.3 Å². The standard InChI is InChI=1S/C14H14BrN3OS2/c1-2-9-4-3-5-10(8-9)16-14(20)18-17-13(19)11-6-7-12(15)21-11/h3-8H,2H2,1H3,(H,17,19)(H2,16,18,20). The van der Waals surface area contributed by atoms with Gasteiger partial charge < -0.3 is 5.32 Å². The first-order valence-corrected chi connectivity index (χ1v) is 8.32. The number of amides is 1. The molecule has 0 spiro atoms. The quantitative estimate of drug-likeness (QED) is 0.558. The van der Waals surface area contributed by atoms with Crippen LogP contribution >= 0.6 is 39.5 Å². The van der Waals surface area contributed by atoms with Crippen LogP contribution in [-0.2, 0) is 6.42 Å². The van der Waals surface area contributed by atoms with Gasteiger partial charge in [-0.15, -0.1) is 11.3 Å². The van der Waals surface area contributed by atoms with E-state index in [4.69, 9.17) is 12.2 Å².